The molecule has 6 nitrogen and oxygen atoms in total. The second kappa shape index (κ2) is 10.4. The number of carbonyl (C=O) groups is 2. The zero-order valence-electron chi connectivity index (χ0n) is 18.7. The first kappa shape index (κ1) is 24.6. The summed E-state index contributed by atoms with van der Waals surface area (Å²) >= 11 is 0. The van der Waals surface area contributed by atoms with Gasteiger partial charge < -0.3 is 10.4 Å². The molecule has 2 aromatic heterocycles. The van der Waals surface area contributed by atoms with Crippen LogP contribution in [-0.4, -0.2) is 33.0 Å². The molecule has 1 atom stereocenters. The number of alkyl halides is 3. The summed E-state index contributed by atoms with van der Waals surface area (Å²) < 4.78 is 38.2. The van der Waals surface area contributed by atoms with E-state index >= 15 is 0 Å². The summed E-state index contributed by atoms with van der Waals surface area (Å²) in [5.74, 6) is -1.75. The average Bonchev–Trinajstić information content (AvgIpc) is 2.89. The van der Waals surface area contributed by atoms with Gasteiger partial charge in [-0.25, -0.2) is 4.79 Å². The summed E-state index contributed by atoms with van der Waals surface area (Å²) in [5, 5.41) is 12.1. The molecule has 0 bridgehead atoms. The third-order valence-corrected chi connectivity index (χ3v) is 5.54. The molecule has 9 heteroatoms. The molecule has 182 valence electrons. The number of aromatic nitrogens is 2. The molecule has 0 fully saturated rings. The van der Waals surface area contributed by atoms with Crippen LogP contribution in [0.4, 0.5) is 13.2 Å². The number of hydrogen-bond acceptors (Lipinski definition) is 4. The van der Waals surface area contributed by atoms with Gasteiger partial charge in [-0.05, 0) is 53.1 Å². The van der Waals surface area contributed by atoms with E-state index in [-0.39, 0.29) is 12.0 Å². The Morgan fingerprint density at radius 3 is 2.00 bits per heavy atom. The maximum atomic E-state index is 12.7. The fourth-order valence-electron chi connectivity index (χ4n) is 3.58. The van der Waals surface area contributed by atoms with Gasteiger partial charge in [0.2, 0.25) is 0 Å². The quantitative estimate of drug-likeness (QED) is 0.368. The Kier molecular flexibility index (Phi) is 7.10. The molecule has 0 unspecified atom stereocenters. The maximum absolute atomic E-state index is 12.7. The van der Waals surface area contributed by atoms with Crippen LogP contribution < -0.4 is 5.32 Å². The third-order valence-electron chi connectivity index (χ3n) is 5.54. The van der Waals surface area contributed by atoms with Crippen LogP contribution in [0, 0.1) is 0 Å². The van der Waals surface area contributed by atoms with Crippen LogP contribution in [0.1, 0.15) is 21.5 Å². The van der Waals surface area contributed by atoms with E-state index in [1.807, 2.05) is 36.4 Å². The Morgan fingerprint density at radius 2 is 1.44 bits per heavy atom. The molecule has 0 saturated heterocycles. The minimum atomic E-state index is -4.48. The first-order chi connectivity index (χ1) is 17.2. The lowest BCUT2D eigenvalue weighted by atomic mass is 10.0. The van der Waals surface area contributed by atoms with Crippen molar-refractivity contribution < 1.29 is 27.9 Å². The zero-order valence-corrected chi connectivity index (χ0v) is 18.7. The van der Waals surface area contributed by atoms with Crippen LogP contribution in [0.15, 0.2) is 91.4 Å². The summed E-state index contributed by atoms with van der Waals surface area (Å²) in [6.45, 7) is 0. The Labute approximate surface area is 204 Å². The van der Waals surface area contributed by atoms with E-state index in [4.69, 9.17) is 0 Å². The number of rotatable bonds is 7. The van der Waals surface area contributed by atoms with Crippen LogP contribution >= 0.6 is 0 Å². The van der Waals surface area contributed by atoms with Crippen LogP contribution in [0.5, 0.6) is 0 Å². The number of halogens is 3. The number of benzene rings is 2. The molecule has 2 aromatic carbocycles. The van der Waals surface area contributed by atoms with E-state index < -0.39 is 29.7 Å². The van der Waals surface area contributed by atoms with E-state index in [2.05, 4.69) is 15.3 Å². The number of aliphatic carboxylic acids is 1. The Morgan fingerprint density at radius 1 is 0.833 bits per heavy atom. The van der Waals surface area contributed by atoms with Crippen molar-refractivity contribution in [2.75, 3.05) is 0 Å². The Hall–Kier alpha value is -4.53. The lowest BCUT2D eigenvalue weighted by Gasteiger charge is -2.15. The number of nitrogens with one attached hydrogen (secondary N) is 1. The lowest BCUT2D eigenvalue weighted by molar-refractivity contribution is -0.139. The van der Waals surface area contributed by atoms with Gasteiger partial charge >= 0.3 is 12.1 Å². The van der Waals surface area contributed by atoms with Gasteiger partial charge in [-0.3, -0.25) is 14.8 Å². The number of nitrogens with zero attached hydrogens (tertiary/aromatic N) is 2. The molecule has 4 rings (SSSR count). The minimum Gasteiger partial charge on any atom is -0.480 e. The van der Waals surface area contributed by atoms with Crippen LogP contribution in [0.25, 0.3) is 22.4 Å². The molecule has 0 aliphatic heterocycles. The molecule has 36 heavy (non-hydrogen) atoms. The molecule has 0 aliphatic carbocycles. The van der Waals surface area contributed by atoms with Crippen LogP contribution in [-0.2, 0) is 17.4 Å². The zero-order chi connectivity index (χ0) is 25.7. The van der Waals surface area contributed by atoms with Crippen molar-refractivity contribution in [2.24, 2.45) is 0 Å². The molecule has 2 heterocycles. The van der Waals surface area contributed by atoms with Gasteiger partial charge in [0, 0.05) is 36.1 Å². The van der Waals surface area contributed by atoms with Crippen molar-refractivity contribution >= 4 is 11.9 Å². The fourth-order valence-corrected chi connectivity index (χ4v) is 3.58. The predicted octanol–water partition coefficient (Wildman–Crippen LogP) is 5.26. The molecule has 1 amide bonds. The van der Waals surface area contributed by atoms with E-state index in [0.717, 1.165) is 29.0 Å². The fraction of sp³-hybridized carbons (Fsp3) is 0.111. The van der Waals surface area contributed by atoms with Gasteiger partial charge in [-0.1, -0.05) is 36.4 Å². The standard InChI is InChI=1S/C27H20F3N3O3/c28-27(29,30)22-9-10-23(32-16-22)20-5-7-21(8-6-20)25(34)33-24(26(35)36)15-17-1-3-18(4-2-17)19-11-13-31-14-12-19/h1-14,16,24H,15H2,(H,33,34)(H,35,36)/t24-/m0/s1. The number of carbonyl (C=O) groups excluding carboxylic acids is 1. The molecule has 0 spiro atoms. The van der Waals surface area contributed by atoms with Crippen molar-refractivity contribution in [2.45, 2.75) is 18.6 Å². The van der Waals surface area contributed by atoms with Gasteiger partial charge in [-0.2, -0.15) is 13.2 Å². The largest absolute Gasteiger partial charge is 0.480 e. The second-order valence-electron chi connectivity index (χ2n) is 8.01. The molecule has 0 aliphatic rings. The normalized spacial score (nSPS) is 12.1. The monoisotopic (exact) mass is 491 g/mol. The number of carboxylic acid groups (broad SMARTS) is 1. The highest BCUT2D eigenvalue weighted by molar-refractivity contribution is 5.97. The van der Waals surface area contributed by atoms with E-state index in [1.165, 1.54) is 30.3 Å². The predicted molar refractivity (Wildman–Crippen MR) is 127 cm³/mol. The van der Waals surface area contributed by atoms with Crippen LogP contribution in [0.2, 0.25) is 0 Å². The van der Waals surface area contributed by atoms with Crippen molar-refractivity contribution in [3.05, 3.63) is 108 Å². The second-order valence-corrected chi connectivity index (χ2v) is 8.01. The third kappa shape index (κ3) is 5.93. The molecule has 0 saturated carbocycles. The smallest absolute Gasteiger partial charge is 0.417 e. The maximum Gasteiger partial charge on any atom is 0.417 e. The van der Waals surface area contributed by atoms with Crippen molar-refractivity contribution in [1.82, 2.24) is 15.3 Å². The van der Waals surface area contributed by atoms with Crippen LogP contribution in [0.3, 0.4) is 0 Å². The molecule has 4 aromatic rings. The highest BCUT2D eigenvalue weighted by Crippen LogP contribution is 2.29. The summed E-state index contributed by atoms with van der Waals surface area (Å²) in [7, 11) is 0. The van der Waals surface area contributed by atoms with Gasteiger partial charge in [0.15, 0.2) is 0 Å². The molecule has 0 radical (unpaired) electrons. The lowest BCUT2D eigenvalue weighted by Crippen LogP contribution is -2.42. The Bertz CT molecular complexity index is 1340. The first-order valence-electron chi connectivity index (χ1n) is 10.9. The number of pyridine rings is 2. The van der Waals surface area contributed by atoms with Crippen molar-refractivity contribution in [1.29, 1.82) is 0 Å². The highest BCUT2D eigenvalue weighted by atomic mass is 19.4. The molecular weight excluding hydrogens is 471 g/mol. The Balaban J connectivity index is 1.42. The van der Waals surface area contributed by atoms with E-state index in [0.29, 0.717) is 11.3 Å². The topological polar surface area (TPSA) is 92.2 Å². The molecular formula is C27H20F3N3O3. The number of carboxylic acids is 1. The minimum absolute atomic E-state index is 0.0885. The molecule has 2 N–H and O–H groups in total. The number of amides is 1. The average molecular weight is 491 g/mol. The van der Waals surface area contributed by atoms with Gasteiger partial charge in [0.05, 0.1) is 11.3 Å². The first-order valence-corrected chi connectivity index (χ1v) is 10.9. The summed E-state index contributed by atoms with van der Waals surface area (Å²) in [4.78, 5) is 32.3. The van der Waals surface area contributed by atoms with Gasteiger partial charge in [0.1, 0.15) is 6.04 Å². The van der Waals surface area contributed by atoms with Crippen molar-refractivity contribution in [3.63, 3.8) is 0 Å². The van der Waals surface area contributed by atoms with E-state index in [1.54, 1.807) is 12.4 Å². The number of hydrogen-bond donors (Lipinski definition) is 2. The highest BCUT2D eigenvalue weighted by Gasteiger charge is 2.30. The van der Waals surface area contributed by atoms with E-state index in [9.17, 15) is 27.9 Å². The summed E-state index contributed by atoms with van der Waals surface area (Å²) in [6, 6.07) is 18.1. The SMILES string of the molecule is O=C(N[C@@H](Cc1ccc(-c2ccncc2)cc1)C(=O)O)c1ccc(-c2ccc(C(F)(F)F)cn2)cc1. The van der Waals surface area contributed by atoms with Gasteiger partial charge in [0.25, 0.3) is 5.91 Å². The summed E-state index contributed by atoms with van der Waals surface area (Å²) in [6.07, 6.45) is -0.268. The summed E-state index contributed by atoms with van der Waals surface area (Å²) in [5.41, 5.74) is 2.87. The van der Waals surface area contributed by atoms with Crippen molar-refractivity contribution in [3.8, 4) is 22.4 Å². The van der Waals surface area contributed by atoms with Gasteiger partial charge in [-0.15, -0.1) is 0 Å².